The van der Waals surface area contributed by atoms with E-state index in [0.717, 1.165) is 0 Å². The van der Waals surface area contributed by atoms with Crippen LogP contribution in [0.3, 0.4) is 0 Å². The second-order valence-electron chi connectivity index (χ2n) is 5.42. The molecule has 0 aliphatic carbocycles. The fraction of sp³-hybridized carbons (Fsp3) is 1.00. The molecule has 0 saturated carbocycles. The molecular weight excluding hydrogens is 284 g/mol. The number of methoxy groups -OCH3 is 3. The number of fused-ring (bicyclic) bond motifs is 1. The summed E-state index contributed by atoms with van der Waals surface area (Å²) in [5.74, 6) is -2.46. The Morgan fingerprint density at radius 1 is 1.00 bits per heavy atom. The Kier molecular flexibility index (Phi) is 4.91. The molecule has 2 saturated heterocycles. The van der Waals surface area contributed by atoms with Crippen molar-refractivity contribution in [1.29, 1.82) is 0 Å². The number of hydrogen-bond acceptors (Lipinski definition) is 8. The summed E-state index contributed by atoms with van der Waals surface area (Å²) in [5, 5.41) is 19.8. The predicted molar refractivity (Wildman–Crippen MR) is 69.3 cm³/mol. The van der Waals surface area contributed by atoms with Gasteiger partial charge in [-0.1, -0.05) is 0 Å². The highest BCUT2D eigenvalue weighted by molar-refractivity contribution is 4.99. The molecule has 0 aromatic carbocycles. The molecule has 2 rings (SSSR count). The zero-order valence-electron chi connectivity index (χ0n) is 12.9. The summed E-state index contributed by atoms with van der Waals surface area (Å²) in [6, 6.07) is 0. The van der Waals surface area contributed by atoms with Crippen molar-refractivity contribution in [2.24, 2.45) is 0 Å². The molecule has 2 N–H and O–H groups in total. The highest BCUT2D eigenvalue weighted by Crippen LogP contribution is 2.43. The van der Waals surface area contributed by atoms with Crippen molar-refractivity contribution < 1.29 is 38.6 Å². The number of aliphatic hydroxyl groups excluding tert-OH is 2. The molecule has 0 bridgehead atoms. The molecule has 7 atom stereocenters. The van der Waals surface area contributed by atoms with Gasteiger partial charge in [0.25, 0.3) is 0 Å². The second kappa shape index (κ2) is 6.05. The number of hydrogen-bond donors (Lipinski definition) is 2. The lowest BCUT2D eigenvalue weighted by atomic mass is 9.94. The van der Waals surface area contributed by atoms with Crippen LogP contribution in [0, 0.1) is 0 Å². The summed E-state index contributed by atoms with van der Waals surface area (Å²) >= 11 is 0. The van der Waals surface area contributed by atoms with E-state index in [9.17, 15) is 10.2 Å². The summed E-state index contributed by atoms with van der Waals surface area (Å²) in [4.78, 5) is 0. The Morgan fingerprint density at radius 2 is 1.52 bits per heavy atom. The third kappa shape index (κ3) is 2.60. The second-order valence-corrected chi connectivity index (χ2v) is 5.42. The summed E-state index contributed by atoms with van der Waals surface area (Å²) in [6.45, 7) is 3.02. The maximum atomic E-state index is 10.3. The lowest BCUT2D eigenvalue weighted by Gasteiger charge is -2.56. The van der Waals surface area contributed by atoms with Crippen LogP contribution in [0.25, 0.3) is 0 Å². The summed E-state index contributed by atoms with van der Waals surface area (Å²) in [7, 11) is 4.33. The van der Waals surface area contributed by atoms with Crippen LogP contribution in [-0.2, 0) is 28.4 Å². The predicted octanol–water partition coefficient (Wildman–Crippen LogP) is -0.780. The Morgan fingerprint density at radius 3 is 1.95 bits per heavy atom. The van der Waals surface area contributed by atoms with Gasteiger partial charge in [0, 0.05) is 21.3 Å². The Bertz CT molecular complexity index is 366. The van der Waals surface area contributed by atoms with Gasteiger partial charge in [-0.05, 0) is 13.8 Å². The third-order valence-corrected chi connectivity index (χ3v) is 4.35. The van der Waals surface area contributed by atoms with E-state index in [0.29, 0.717) is 0 Å². The minimum Gasteiger partial charge on any atom is -0.394 e. The van der Waals surface area contributed by atoms with Gasteiger partial charge in [0.2, 0.25) is 11.6 Å². The number of rotatable bonds is 4. The largest absolute Gasteiger partial charge is 0.394 e. The zero-order valence-corrected chi connectivity index (χ0v) is 12.9. The first-order valence-corrected chi connectivity index (χ1v) is 6.79. The van der Waals surface area contributed by atoms with Gasteiger partial charge in [-0.15, -0.1) is 0 Å². The van der Waals surface area contributed by atoms with Gasteiger partial charge in [0.15, 0.2) is 6.29 Å². The van der Waals surface area contributed by atoms with E-state index in [2.05, 4.69) is 0 Å². The molecule has 21 heavy (non-hydrogen) atoms. The van der Waals surface area contributed by atoms with Crippen molar-refractivity contribution in [3.63, 3.8) is 0 Å². The average Bonchev–Trinajstić information content (AvgIpc) is 2.50. The molecule has 0 spiro atoms. The van der Waals surface area contributed by atoms with Gasteiger partial charge in [-0.3, -0.25) is 0 Å². The molecule has 0 amide bonds. The summed E-state index contributed by atoms with van der Waals surface area (Å²) in [5.41, 5.74) is 0. The van der Waals surface area contributed by atoms with Crippen LogP contribution in [0.1, 0.15) is 13.8 Å². The van der Waals surface area contributed by atoms with Gasteiger partial charge < -0.3 is 38.6 Å². The molecule has 0 aromatic heterocycles. The topological polar surface area (TPSA) is 95.8 Å². The van der Waals surface area contributed by atoms with E-state index in [1.165, 1.54) is 21.3 Å². The standard InChI is InChI=1S/C13H24O8/c1-12(17-4)13(2,18-5)21-10-8(15)11(16-3)19-7(6-14)9(10)20-12/h7-11,14-15H,6H2,1-5H3/t7-,8-,9+,10-,11-,12-,13-/m1/s1. The highest BCUT2D eigenvalue weighted by atomic mass is 16.8. The van der Waals surface area contributed by atoms with Gasteiger partial charge >= 0.3 is 0 Å². The molecule has 2 heterocycles. The first-order chi connectivity index (χ1) is 9.85. The Balaban J connectivity index is 2.33. The van der Waals surface area contributed by atoms with E-state index in [1.807, 2.05) is 0 Å². The van der Waals surface area contributed by atoms with E-state index in [-0.39, 0.29) is 6.61 Å². The van der Waals surface area contributed by atoms with Crippen molar-refractivity contribution in [3.05, 3.63) is 0 Å². The number of ether oxygens (including phenoxy) is 6. The molecule has 2 aliphatic rings. The molecule has 2 aliphatic heterocycles. The van der Waals surface area contributed by atoms with E-state index >= 15 is 0 Å². The van der Waals surface area contributed by atoms with Crippen LogP contribution in [0.2, 0.25) is 0 Å². The molecule has 2 fully saturated rings. The molecule has 0 unspecified atom stereocenters. The summed E-state index contributed by atoms with van der Waals surface area (Å²) in [6.07, 6.45) is -4.21. The van der Waals surface area contributed by atoms with Gasteiger partial charge in [0.05, 0.1) is 6.61 Å². The van der Waals surface area contributed by atoms with Crippen LogP contribution >= 0.6 is 0 Å². The summed E-state index contributed by atoms with van der Waals surface area (Å²) < 4.78 is 33.2. The molecule has 0 aromatic rings. The average molecular weight is 308 g/mol. The minimum atomic E-state index is -1.24. The minimum absolute atomic E-state index is 0.305. The Hall–Kier alpha value is -0.320. The number of aliphatic hydroxyl groups is 2. The fourth-order valence-corrected chi connectivity index (χ4v) is 2.71. The highest BCUT2D eigenvalue weighted by Gasteiger charge is 2.62. The molecule has 0 radical (unpaired) electrons. The smallest absolute Gasteiger partial charge is 0.220 e. The van der Waals surface area contributed by atoms with Crippen molar-refractivity contribution in [2.75, 3.05) is 27.9 Å². The zero-order chi connectivity index (χ0) is 15.8. The lowest BCUT2D eigenvalue weighted by molar-refractivity contribution is -0.479. The van der Waals surface area contributed by atoms with E-state index < -0.39 is 42.3 Å². The van der Waals surface area contributed by atoms with Gasteiger partial charge in [-0.25, -0.2) is 0 Å². The SMILES string of the molecule is CO[C@@H]1O[C@H](CO)[C@@H]2O[C@@](C)(OC)[C@](C)(OC)O[C@@H]2[C@H]1O. The van der Waals surface area contributed by atoms with E-state index in [1.54, 1.807) is 13.8 Å². The lowest BCUT2D eigenvalue weighted by Crippen LogP contribution is -2.73. The monoisotopic (exact) mass is 308 g/mol. The normalized spacial score (nSPS) is 50.7. The van der Waals surface area contributed by atoms with Gasteiger partial charge in [0.1, 0.15) is 24.4 Å². The van der Waals surface area contributed by atoms with Crippen LogP contribution in [0.5, 0.6) is 0 Å². The molecular formula is C13H24O8. The van der Waals surface area contributed by atoms with Crippen LogP contribution in [0.15, 0.2) is 0 Å². The van der Waals surface area contributed by atoms with Crippen LogP contribution in [0.4, 0.5) is 0 Å². The van der Waals surface area contributed by atoms with Crippen molar-refractivity contribution in [1.82, 2.24) is 0 Å². The first kappa shape index (κ1) is 17.0. The maximum Gasteiger partial charge on any atom is 0.220 e. The maximum absolute atomic E-state index is 10.3. The van der Waals surface area contributed by atoms with Crippen LogP contribution in [-0.4, -0.2) is 80.4 Å². The van der Waals surface area contributed by atoms with E-state index in [4.69, 9.17) is 28.4 Å². The molecule has 124 valence electrons. The third-order valence-electron chi connectivity index (χ3n) is 4.35. The Labute approximate surface area is 123 Å². The van der Waals surface area contributed by atoms with Gasteiger partial charge in [-0.2, -0.15) is 0 Å². The van der Waals surface area contributed by atoms with Crippen LogP contribution < -0.4 is 0 Å². The van der Waals surface area contributed by atoms with Crippen molar-refractivity contribution in [2.45, 2.75) is 56.1 Å². The molecule has 8 nitrogen and oxygen atoms in total. The molecule has 8 heteroatoms. The van der Waals surface area contributed by atoms with Crippen molar-refractivity contribution >= 4 is 0 Å². The fourth-order valence-electron chi connectivity index (χ4n) is 2.71. The van der Waals surface area contributed by atoms with Crippen molar-refractivity contribution in [3.8, 4) is 0 Å². The quantitative estimate of drug-likeness (QED) is 0.698. The first-order valence-electron chi connectivity index (χ1n) is 6.79.